The number of rotatable bonds is 5. The minimum atomic E-state index is -3.74. The molecular formula is C17H20N4O3S. The number of aromatic nitrogens is 2. The van der Waals surface area contributed by atoms with Gasteiger partial charge in [-0.1, -0.05) is 37.5 Å². The fraction of sp³-hybridized carbons (Fsp3) is 0.353. The second-order valence-electron chi connectivity index (χ2n) is 6.02. The zero-order chi connectivity index (χ0) is 17.7. The van der Waals surface area contributed by atoms with Gasteiger partial charge in [-0.15, -0.1) is 0 Å². The molecule has 2 N–H and O–H groups in total. The number of carbonyl (C=O) groups excluding carboxylic acids is 1. The molecule has 0 bridgehead atoms. The maximum Gasteiger partial charge on any atom is 0.264 e. The molecule has 1 aromatic carbocycles. The van der Waals surface area contributed by atoms with E-state index in [1.165, 1.54) is 30.9 Å². The third-order valence-electron chi connectivity index (χ3n) is 4.13. The molecule has 1 heterocycles. The Balaban J connectivity index is 1.65. The normalized spacial score (nSPS) is 15.5. The zero-order valence-electron chi connectivity index (χ0n) is 13.7. The molecule has 0 spiro atoms. The van der Waals surface area contributed by atoms with Gasteiger partial charge >= 0.3 is 0 Å². The van der Waals surface area contributed by atoms with Crippen molar-refractivity contribution in [3.05, 3.63) is 48.3 Å². The number of nitrogens with one attached hydrogen (secondary N) is 2. The summed E-state index contributed by atoms with van der Waals surface area (Å²) >= 11 is 0. The topological polar surface area (TPSA) is 101 Å². The van der Waals surface area contributed by atoms with Crippen LogP contribution in [0.4, 0.5) is 5.95 Å². The third-order valence-corrected chi connectivity index (χ3v) is 5.48. The average molecular weight is 360 g/mol. The Kier molecular flexibility index (Phi) is 5.28. The number of hydrogen-bond acceptors (Lipinski definition) is 5. The van der Waals surface area contributed by atoms with Crippen molar-refractivity contribution in [2.75, 3.05) is 4.72 Å². The molecule has 3 rings (SSSR count). The van der Waals surface area contributed by atoms with Crippen molar-refractivity contribution in [2.24, 2.45) is 0 Å². The summed E-state index contributed by atoms with van der Waals surface area (Å²) in [5, 5.41) is 2.97. The van der Waals surface area contributed by atoms with E-state index in [1.807, 2.05) is 0 Å². The fourth-order valence-corrected chi connectivity index (χ4v) is 3.77. The molecule has 132 valence electrons. The van der Waals surface area contributed by atoms with Crippen LogP contribution in [0.15, 0.2) is 47.6 Å². The van der Waals surface area contributed by atoms with E-state index in [9.17, 15) is 13.2 Å². The van der Waals surface area contributed by atoms with Crippen molar-refractivity contribution < 1.29 is 13.2 Å². The number of carbonyl (C=O) groups is 1. The van der Waals surface area contributed by atoms with Crippen LogP contribution in [0.3, 0.4) is 0 Å². The number of nitrogens with zero attached hydrogens (tertiary/aromatic N) is 2. The molecule has 1 aliphatic carbocycles. The largest absolute Gasteiger partial charge is 0.349 e. The summed E-state index contributed by atoms with van der Waals surface area (Å²) in [5.74, 6) is -0.303. The highest BCUT2D eigenvalue weighted by atomic mass is 32.2. The SMILES string of the molecule is O=C(NC1CCCCC1)c1cnc(NS(=O)(=O)c2ccccc2)nc1. The summed E-state index contributed by atoms with van der Waals surface area (Å²) in [5.41, 5.74) is 0.313. The molecule has 1 saturated carbocycles. The summed E-state index contributed by atoms with van der Waals surface area (Å²) in [7, 11) is -3.74. The van der Waals surface area contributed by atoms with E-state index in [-0.39, 0.29) is 22.8 Å². The van der Waals surface area contributed by atoms with Crippen LogP contribution in [-0.2, 0) is 10.0 Å². The Morgan fingerprint density at radius 2 is 1.64 bits per heavy atom. The molecule has 7 nitrogen and oxygen atoms in total. The van der Waals surface area contributed by atoms with Gasteiger partial charge in [0, 0.05) is 18.4 Å². The van der Waals surface area contributed by atoms with Gasteiger partial charge in [-0.05, 0) is 25.0 Å². The highest BCUT2D eigenvalue weighted by Crippen LogP contribution is 2.18. The lowest BCUT2D eigenvalue weighted by atomic mass is 9.95. The van der Waals surface area contributed by atoms with E-state index in [1.54, 1.807) is 18.2 Å². The van der Waals surface area contributed by atoms with Crippen LogP contribution in [-0.4, -0.2) is 30.3 Å². The maximum atomic E-state index is 12.2. The first-order valence-electron chi connectivity index (χ1n) is 8.25. The summed E-state index contributed by atoms with van der Waals surface area (Å²) in [6.45, 7) is 0. The predicted molar refractivity (Wildman–Crippen MR) is 93.6 cm³/mol. The third kappa shape index (κ3) is 4.54. The van der Waals surface area contributed by atoms with Crippen molar-refractivity contribution in [2.45, 2.75) is 43.0 Å². The fourth-order valence-electron chi connectivity index (χ4n) is 2.79. The van der Waals surface area contributed by atoms with Gasteiger partial charge in [0.05, 0.1) is 10.5 Å². The lowest BCUT2D eigenvalue weighted by molar-refractivity contribution is 0.0927. The molecule has 1 aromatic heterocycles. The summed E-state index contributed by atoms with van der Waals surface area (Å²) in [6, 6.07) is 8.15. The zero-order valence-corrected chi connectivity index (χ0v) is 14.5. The minimum absolute atomic E-state index is 0.0712. The number of anilines is 1. The Labute approximate surface area is 146 Å². The van der Waals surface area contributed by atoms with E-state index in [0.717, 1.165) is 25.7 Å². The first-order valence-corrected chi connectivity index (χ1v) is 9.74. The summed E-state index contributed by atoms with van der Waals surface area (Å²) in [6.07, 6.45) is 8.10. The lowest BCUT2D eigenvalue weighted by Crippen LogP contribution is -2.36. The van der Waals surface area contributed by atoms with E-state index in [0.29, 0.717) is 5.56 Å². The van der Waals surface area contributed by atoms with Crippen LogP contribution >= 0.6 is 0 Å². The monoisotopic (exact) mass is 360 g/mol. The Morgan fingerprint density at radius 3 is 2.28 bits per heavy atom. The van der Waals surface area contributed by atoms with Gasteiger partial charge in [-0.25, -0.2) is 23.1 Å². The van der Waals surface area contributed by atoms with Gasteiger partial charge in [0.1, 0.15) is 0 Å². The number of benzene rings is 1. The average Bonchev–Trinajstić information content (AvgIpc) is 2.63. The molecule has 25 heavy (non-hydrogen) atoms. The Morgan fingerprint density at radius 1 is 1.00 bits per heavy atom. The molecule has 0 unspecified atom stereocenters. The number of amides is 1. The predicted octanol–water partition coefficient (Wildman–Crippen LogP) is 2.34. The van der Waals surface area contributed by atoms with Crippen LogP contribution < -0.4 is 10.0 Å². The molecule has 0 aliphatic heterocycles. The van der Waals surface area contributed by atoms with Crippen LogP contribution in [0.5, 0.6) is 0 Å². The molecule has 1 amide bonds. The first kappa shape index (κ1) is 17.3. The number of hydrogen-bond donors (Lipinski definition) is 2. The highest BCUT2D eigenvalue weighted by Gasteiger charge is 2.18. The summed E-state index contributed by atoms with van der Waals surface area (Å²) < 4.78 is 26.7. The summed E-state index contributed by atoms with van der Waals surface area (Å²) in [4.78, 5) is 20.2. The van der Waals surface area contributed by atoms with Gasteiger partial charge in [0.15, 0.2) is 0 Å². The Hall–Kier alpha value is -2.48. The minimum Gasteiger partial charge on any atom is -0.349 e. The van der Waals surface area contributed by atoms with Gasteiger partial charge < -0.3 is 5.32 Å². The van der Waals surface area contributed by atoms with Crippen molar-refractivity contribution in [1.82, 2.24) is 15.3 Å². The van der Waals surface area contributed by atoms with E-state index >= 15 is 0 Å². The van der Waals surface area contributed by atoms with Crippen LogP contribution in [0.1, 0.15) is 42.5 Å². The molecule has 1 aliphatic rings. The lowest BCUT2D eigenvalue weighted by Gasteiger charge is -2.22. The second-order valence-corrected chi connectivity index (χ2v) is 7.70. The first-order chi connectivity index (χ1) is 12.0. The highest BCUT2D eigenvalue weighted by molar-refractivity contribution is 7.92. The molecule has 1 fully saturated rings. The molecular weight excluding hydrogens is 340 g/mol. The standard InChI is InChI=1S/C17H20N4O3S/c22-16(20-14-7-3-1-4-8-14)13-11-18-17(19-12-13)21-25(23,24)15-9-5-2-6-10-15/h2,5-6,9-12,14H,1,3-4,7-8H2,(H,20,22)(H,18,19,21). The van der Waals surface area contributed by atoms with Crippen LogP contribution in [0.2, 0.25) is 0 Å². The quantitative estimate of drug-likeness (QED) is 0.852. The number of sulfonamides is 1. The van der Waals surface area contributed by atoms with Crippen molar-refractivity contribution in [3.63, 3.8) is 0 Å². The van der Waals surface area contributed by atoms with Gasteiger partial charge in [-0.2, -0.15) is 0 Å². The van der Waals surface area contributed by atoms with E-state index in [2.05, 4.69) is 20.0 Å². The molecule has 0 atom stereocenters. The molecule has 2 aromatic rings. The van der Waals surface area contributed by atoms with Crippen molar-refractivity contribution >= 4 is 21.9 Å². The van der Waals surface area contributed by atoms with Crippen molar-refractivity contribution in [3.8, 4) is 0 Å². The molecule has 8 heteroatoms. The van der Waals surface area contributed by atoms with E-state index in [4.69, 9.17) is 0 Å². The second kappa shape index (κ2) is 7.60. The maximum absolute atomic E-state index is 12.2. The van der Waals surface area contributed by atoms with Crippen LogP contribution in [0.25, 0.3) is 0 Å². The van der Waals surface area contributed by atoms with E-state index < -0.39 is 10.0 Å². The molecule has 0 saturated heterocycles. The van der Waals surface area contributed by atoms with Gasteiger partial charge in [0.25, 0.3) is 15.9 Å². The smallest absolute Gasteiger partial charge is 0.264 e. The van der Waals surface area contributed by atoms with Crippen molar-refractivity contribution in [1.29, 1.82) is 0 Å². The van der Waals surface area contributed by atoms with Gasteiger partial charge in [0.2, 0.25) is 5.95 Å². The van der Waals surface area contributed by atoms with Gasteiger partial charge in [-0.3, -0.25) is 4.79 Å². The Bertz CT molecular complexity index is 817. The molecule has 0 radical (unpaired) electrons. The van der Waals surface area contributed by atoms with Crippen LogP contribution in [0, 0.1) is 0 Å².